The van der Waals surface area contributed by atoms with Crippen molar-refractivity contribution in [2.45, 2.75) is 0 Å². The van der Waals surface area contributed by atoms with Gasteiger partial charge in [-0.15, -0.1) is 0 Å². The van der Waals surface area contributed by atoms with Gasteiger partial charge in [0.25, 0.3) is 0 Å². The molecular formula is C22H14O5. The van der Waals surface area contributed by atoms with Gasteiger partial charge in [-0.1, -0.05) is 48.5 Å². The molecule has 0 atom stereocenters. The van der Waals surface area contributed by atoms with Crippen molar-refractivity contribution in [1.82, 2.24) is 0 Å². The summed E-state index contributed by atoms with van der Waals surface area (Å²) in [6, 6.07) is 20.6. The van der Waals surface area contributed by atoms with E-state index in [1.165, 1.54) is 0 Å². The van der Waals surface area contributed by atoms with Crippen LogP contribution in [0.3, 0.4) is 0 Å². The summed E-state index contributed by atoms with van der Waals surface area (Å²) in [5, 5.41) is 2.32. The molecule has 0 fully saturated rings. The monoisotopic (exact) mass is 358 g/mol. The number of hydrogen-bond acceptors (Lipinski definition) is 5. The van der Waals surface area contributed by atoms with Crippen LogP contribution < -0.4 is 5.43 Å². The second-order valence-electron chi connectivity index (χ2n) is 6.03. The zero-order valence-electron chi connectivity index (χ0n) is 14.2. The Labute approximate surface area is 153 Å². The minimum atomic E-state index is -0.855. The van der Waals surface area contributed by atoms with Crippen molar-refractivity contribution in [3.63, 3.8) is 0 Å². The summed E-state index contributed by atoms with van der Waals surface area (Å²) in [4.78, 5) is 36.6. The number of carbonyl (C=O) groups is 2. The van der Waals surface area contributed by atoms with E-state index < -0.39 is 12.6 Å². The van der Waals surface area contributed by atoms with E-state index in [4.69, 9.17) is 9.15 Å². The quantitative estimate of drug-likeness (QED) is 0.407. The van der Waals surface area contributed by atoms with Crippen LogP contribution in [0.5, 0.6) is 0 Å². The number of Topliss-reactive ketones (excluding diaryl/α,β-unsaturated/α-hetero) is 1. The maximum absolute atomic E-state index is 12.3. The van der Waals surface area contributed by atoms with Gasteiger partial charge < -0.3 is 9.15 Å². The lowest BCUT2D eigenvalue weighted by atomic mass is 10.0. The van der Waals surface area contributed by atoms with Crippen LogP contribution in [0.15, 0.2) is 82.0 Å². The standard InChI is InChI=1S/C22H14O5/c23-18-12-21(27-20-8-4-3-7-17(18)20)22(25)26-13-19(24)16-10-9-14-5-1-2-6-15(14)11-16/h1-12H,13H2. The summed E-state index contributed by atoms with van der Waals surface area (Å²) in [7, 11) is 0. The second kappa shape index (κ2) is 6.88. The SMILES string of the molecule is O=C(COC(=O)c1cc(=O)c2ccccc2o1)c1ccc2ccccc2c1. The van der Waals surface area contributed by atoms with E-state index in [0.717, 1.165) is 16.8 Å². The highest BCUT2D eigenvalue weighted by Crippen LogP contribution is 2.16. The minimum Gasteiger partial charge on any atom is -0.451 e. The molecule has 27 heavy (non-hydrogen) atoms. The molecule has 4 aromatic rings. The summed E-state index contributed by atoms with van der Waals surface area (Å²) in [5.74, 6) is -1.42. The number of fused-ring (bicyclic) bond motifs is 2. The van der Waals surface area contributed by atoms with Crippen LogP contribution in [0.1, 0.15) is 20.9 Å². The molecule has 0 aliphatic heterocycles. The molecule has 0 aliphatic carbocycles. The van der Waals surface area contributed by atoms with Gasteiger partial charge in [0.15, 0.2) is 17.8 Å². The normalized spacial score (nSPS) is 10.8. The topological polar surface area (TPSA) is 73.6 Å². The van der Waals surface area contributed by atoms with E-state index in [9.17, 15) is 14.4 Å². The van der Waals surface area contributed by atoms with Gasteiger partial charge in [0.05, 0.1) is 5.39 Å². The number of ether oxygens (including phenoxy) is 1. The molecule has 0 unspecified atom stereocenters. The lowest BCUT2D eigenvalue weighted by molar-refractivity contribution is 0.0444. The zero-order valence-corrected chi connectivity index (χ0v) is 14.2. The van der Waals surface area contributed by atoms with E-state index in [1.54, 1.807) is 36.4 Å². The van der Waals surface area contributed by atoms with Crippen molar-refractivity contribution in [2.75, 3.05) is 6.61 Å². The number of rotatable bonds is 4. The highest BCUT2D eigenvalue weighted by atomic mass is 16.5. The highest BCUT2D eigenvalue weighted by Gasteiger charge is 2.16. The molecule has 0 saturated heterocycles. The van der Waals surface area contributed by atoms with Crippen LogP contribution in [0.2, 0.25) is 0 Å². The molecule has 3 aromatic carbocycles. The summed E-state index contributed by atoms with van der Waals surface area (Å²) in [5.41, 5.74) is 0.393. The Morgan fingerprint density at radius 3 is 2.44 bits per heavy atom. The van der Waals surface area contributed by atoms with Crippen molar-refractivity contribution in [3.05, 3.63) is 94.3 Å². The fraction of sp³-hybridized carbons (Fsp3) is 0.0455. The van der Waals surface area contributed by atoms with Crippen LogP contribution in [-0.4, -0.2) is 18.4 Å². The van der Waals surface area contributed by atoms with Crippen LogP contribution >= 0.6 is 0 Å². The molecule has 1 heterocycles. The average Bonchev–Trinajstić information content (AvgIpc) is 2.71. The third kappa shape index (κ3) is 3.35. The first-order chi connectivity index (χ1) is 13.1. The molecule has 5 nitrogen and oxygen atoms in total. The van der Waals surface area contributed by atoms with Gasteiger partial charge in [-0.2, -0.15) is 0 Å². The number of hydrogen-bond donors (Lipinski definition) is 0. The molecule has 0 bridgehead atoms. The Kier molecular flexibility index (Phi) is 4.26. The first kappa shape index (κ1) is 16.7. The Morgan fingerprint density at radius 2 is 1.59 bits per heavy atom. The molecule has 132 valence electrons. The third-order valence-electron chi connectivity index (χ3n) is 4.24. The van der Waals surface area contributed by atoms with Crippen LogP contribution in [-0.2, 0) is 4.74 Å². The van der Waals surface area contributed by atoms with Gasteiger partial charge >= 0.3 is 5.97 Å². The van der Waals surface area contributed by atoms with Crippen molar-refractivity contribution < 1.29 is 18.7 Å². The predicted molar refractivity (Wildman–Crippen MR) is 101 cm³/mol. The first-order valence-electron chi connectivity index (χ1n) is 8.34. The summed E-state index contributed by atoms with van der Waals surface area (Å²) in [6.45, 7) is -0.437. The molecule has 0 radical (unpaired) electrons. The van der Waals surface area contributed by atoms with E-state index >= 15 is 0 Å². The zero-order chi connectivity index (χ0) is 18.8. The van der Waals surface area contributed by atoms with E-state index in [2.05, 4.69) is 0 Å². The maximum atomic E-state index is 12.3. The average molecular weight is 358 g/mol. The summed E-state index contributed by atoms with van der Waals surface area (Å²) < 4.78 is 10.5. The van der Waals surface area contributed by atoms with Gasteiger partial charge in [0.1, 0.15) is 5.58 Å². The molecule has 1 aromatic heterocycles. The van der Waals surface area contributed by atoms with E-state index in [1.807, 2.05) is 30.3 Å². The predicted octanol–water partition coefficient (Wildman–Crippen LogP) is 3.99. The van der Waals surface area contributed by atoms with Crippen LogP contribution in [0.25, 0.3) is 21.7 Å². The van der Waals surface area contributed by atoms with Gasteiger partial charge in [0, 0.05) is 11.6 Å². The molecule has 4 rings (SSSR count). The number of para-hydroxylation sites is 1. The molecular weight excluding hydrogens is 344 g/mol. The minimum absolute atomic E-state index is 0.231. The molecule has 5 heteroatoms. The van der Waals surface area contributed by atoms with Crippen LogP contribution in [0, 0.1) is 0 Å². The molecule has 0 spiro atoms. The smallest absolute Gasteiger partial charge is 0.374 e. The fourth-order valence-electron chi connectivity index (χ4n) is 2.85. The van der Waals surface area contributed by atoms with Gasteiger partial charge in [-0.05, 0) is 29.0 Å². The Balaban J connectivity index is 1.51. The Hall–Kier alpha value is -3.73. The summed E-state index contributed by atoms with van der Waals surface area (Å²) >= 11 is 0. The van der Waals surface area contributed by atoms with Gasteiger partial charge in [-0.3, -0.25) is 9.59 Å². The number of esters is 1. The van der Waals surface area contributed by atoms with Crippen molar-refractivity contribution in [1.29, 1.82) is 0 Å². The number of benzene rings is 3. The Morgan fingerprint density at radius 1 is 0.852 bits per heavy atom. The highest BCUT2D eigenvalue weighted by molar-refractivity contribution is 6.02. The molecule has 0 amide bonds. The molecule has 0 N–H and O–H groups in total. The van der Waals surface area contributed by atoms with Crippen molar-refractivity contribution >= 4 is 33.5 Å². The van der Waals surface area contributed by atoms with Crippen molar-refractivity contribution in [3.8, 4) is 0 Å². The van der Waals surface area contributed by atoms with E-state index in [0.29, 0.717) is 10.9 Å². The van der Waals surface area contributed by atoms with Gasteiger partial charge in [-0.25, -0.2) is 4.79 Å². The molecule has 0 aliphatic rings. The lowest BCUT2D eigenvalue weighted by Gasteiger charge is -2.06. The molecule has 0 saturated carbocycles. The second-order valence-corrected chi connectivity index (χ2v) is 6.03. The maximum Gasteiger partial charge on any atom is 0.374 e. The van der Waals surface area contributed by atoms with Gasteiger partial charge in [0.2, 0.25) is 5.76 Å². The van der Waals surface area contributed by atoms with Crippen molar-refractivity contribution in [2.24, 2.45) is 0 Å². The number of ketones is 1. The van der Waals surface area contributed by atoms with E-state index in [-0.39, 0.29) is 22.6 Å². The first-order valence-corrected chi connectivity index (χ1v) is 8.34. The van der Waals surface area contributed by atoms with Crippen LogP contribution in [0.4, 0.5) is 0 Å². The Bertz CT molecular complexity index is 1240. The number of carbonyl (C=O) groups excluding carboxylic acids is 2. The summed E-state index contributed by atoms with van der Waals surface area (Å²) in [6.07, 6.45) is 0. The largest absolute Gasteiger partial charge is 0.451 e. The third-order valence-corrected chi connectivity index (χ3v) is 4.24. The fourth-order valence-corrected chi connectivity index (χ4v) is 2.85. The lowest BCUT2D eigenvalue weighted by Crippen LogP contribution is -2.16.